The van der Waals surface area contributed by atoms with E-state index in [4.69, 9.17) is 0 Å². The van der Waals surface area contributed by atoms with Gasteiger partial charge in [0.25, 0.3) is 0 Å². The van der Waals surface area contributed by atoms with Crippen molar-refractivity contribution in [1.29, 1.82) is 0 Å². The molecule has 0 atom stereocenters. The molecule has 0 spiro atoms. The standard InChI is InChI=1S/C9H9BrN4S2/c1-14(2)8-12-13-9(16-8)15-7-5-3-4-6(10)11-7/h3-5H,1-2H3. The molecule has 0 bridgehead atoms. The van der Waals surface area contributed by atoms with Gasteiger partial charge in [-0.25, -0.2) is 4.98 Å². The lowest BCUT2D eigenvalue weighted by Crippen LogP contribution is -2.07. The third-order valence-electron chi connectivity index (χ3n) is 1.66. The Hall–Kier alpha value is -0.660. The minimum Gasteiger partial charge on any atom is -0.353 e. The molecule has 84 valence electrons. The van der Waals surface area contributed by atoms with Gasteiger partial charge in [-0.05, 0) is 39.8 Å². The zero-order valence-electron chi connectivity index (χ0n) is 8.72. The molecule has 0 radical (unpaired) electrons. The molecule has 16 heavy (non-hydrogen) atoms. The summed E-state index contributed by atoms with van der Waals surface area (Å²) in [5.41, 5.74) is 0. The molecule has 0 amide bonds. The van der Waals surface area contributed by atoms with Gasteiger partial charge in [0, 0.05) is 14.1 Å². The van der Waals surface area contributed by atoms with Crippen molar-refractivity contribution >= 4 is 44.2 Å². The van der Waals surface area contributed by atoms with E-state index in [1.54, 1.807) is 11.3 Å². The van der Waals surface area contributed by atoms with E-state index in [0.29, 0.717) is 0 Å². The van der Waals surface area contributed by atoms with Crippen LogP contribution in [0.15, 0.2) is 32.2 Å². The number of rotatable bonds is 3. The Morgan fingerprint density at radius 1 is 1.31 bits per heavy atom. The van der Waals surface area contributed by atoms with Crippen LogP contribution in [0.4, 0.5) is 5.13 Å². The molecule has 0 N–H and O–H groups in total. The zero-order chi connectivity index (χ0) is 11.5. The van der Waals surface area contributed by atoms with E-state index < -0.39 is 0 Å². The molecule has 0 aromatic carbocycles. The molecule has 0 aliphatic carbocycles. The van der Waals surface area contributed by atoms with Crippen molar-refractivity contribution in [3.05, 3.63) is 22.8 Å². The highest BCUT2D eigenvalue weighted by Gasteiger charge is 2.08. The Balaban J connectivity index is 2.14. The van der Waals surface area contributed by atoms with E-state index in [1.165, 1.54) is 11.8 Å². The third-order valence-corrected chi connectivity index (χ3v) is 4.18. The number of halogens is 1. The fraction of sp³-hybridized carbons (Fsp3) is 0.222. The maximum absolute atomic E-state index is 4.33. The summed E-state index contributed by atoms with van der Waals surface area (Å²) >= 11 is 6.41. The average Bonchev–Trinajstić information content (AvgIpc) is 2.66. The Labute approximate surface area is 110 Å². The molecule has 0 aliphatic heterocycles. The van der Waals surface area contributed by atoms with Crippen molar-refractivity contribution in [1.82, 2.24) is 15.2 Å². The number of aromatic nitrogens is 3. The molecule has 0 aliphatic rings. The van der Waals surface area contributed by atoms with Gasteiger partial charge >= 0.3 is 0 Å². The minimum atomic E-state index is 0.829. The molecular weight excluding hydrogens is 308 g/mol. The first kappa shape index (κ1) is 11.8. The predicted octanol–water partition coefficient (Wildman–Crippen LogP) is 2.91. The van der Waals surface area contributed by atoms with E-state index >= 15 is 0 Å². The molecule has 0 saturated carbocycles. The van der Waals surface area contributed by atoms with E-state index in [1.807, 2.05) is 37.2 Å². The van der Waals surface area contributed by atoms with Gasteiger partial charge in [0.05, 0.1) is 0 Å². The largest absolute Gasteiger partial charge is 0.353 e. The number of hydrogen-bond donors (Lipinski definition) is 0. The Kier molecular flexibility index (Phi) is 3.78. The van der Waals surface area contributed by atoms with Crippen LogP contribution in [0, 0.1) is 0 Å². The minimum absolute atomic E-state index is 0.829. The summed E-state index contributed by atoms with van der Waals surface area (Å²) in [6.07, 6.45) is 0. The summed E-state index contributed by atoms with van der Waals surface area (Å²) in [5.74, 6) is 0. The lowest BCUT2D eigenvalue weighted by atomic mass is 10.5. The number of anilines is 1. The summed E-state index contributed by atoms with van der Waals surface area (Å²) in [7, 11) is 3.90. The first-order valence-electron chi connectivity index (χ1n) is 4.46. The highest BCUT2D eigenvalue weighted by molar-refractivity contribution is 9.10. The Morgan fingerprint density at radius 3 is 2.75 bits per heavy atom. The van der Waals surface area contributed by atoms with Crippen LogP contribution in [0.1, 0.15) is 0 Å². The van der Waals surface area contributed by atoms with Crippen LogP contribution in [0.3, 0.4) is 0 Å². The van der Waals surface area contributed by atoms with E-state index in [2.05, 4.69) is 31.1 Å². The van der Waals surface area contributed by atoms with Crippen LogP contribution in [0.5, 0.6) is 0 Å². The second-order valence-corrected chi connectivity index (χ2v) is 6.18. The van der Waals surface area contributed by atoms with Crippen LogP contribution in [-0.2, 0) is 0 Å². The summed E-state index contributed by atoms with van der Waals surface area (Å²) in [4.78, 5) is 6.27. The van der Waals surface area contributed by atoms with Crippen LogP contribution >= 0.6 is 39.0 Å². The van der Waals surface area contributed by atoms with Gasteiger partial charge in [-0.15, -0.1) is 10.2 Å². The first-order valence-corrected chi connectivity index (χ1v) is 6.89. The predicted molar refractivity (Wildman–Crippen MR) is 70.3 cm³/mol. The maximum atomic E-state index is 4.33. The van der Waals surface area contributed by atoms with Crippen molar-refractivity contribution in [2.24, 2.45) is 0 Å². The number of pyridine rings is 1. The summed E-state index contributed by atoms with van der Waals surface area (Å²) in [5, 5.41) is 9.98. The summed E-state index contributed by atoms with van der Waals surface area (Å²) in [6.45, 7) is 0. The second kappa shape index (κ2) is 5.11. The molecule has 2 aromatic rings. The quantitative estimate of drug-likeness (QED) is 0.814. The van der Waals surface area contributed by atoms with Crippen LogP contribution in [-0.4, -0.2) is 29.3 Å². The summed E-state index contributed by atoms with van der Waals surface area (Å²) in [6, 6.07) is 5.80. The van der Waals surface area contributed by atoms with Gasteiger partial charge < -0.3 is 4.90 Å². The second-order valence-electron chi connectivity index (χ2n) is 3.15. The fourth-order valence-electron chi connectivity index (χ4n) is 0.960. The Morgan fingerprint density at radius 2 is 2.12 bits per heavy atom. The number of nitrogens with zero attached hydrogens (tertiary/aromatic N) is 4. The van der Waals surface area contributed by atoms with Gasteiger partial charge in [0.1, 0.15) is 9.63 Å². The molecule has 4 nitrogen and oxygen atoms in total. The van der Waals surface area contributed by atoms with Crippen LogP contribution < -0.4 is 4.90 Å². The molecule has 2 aromatic heterocycles. The monoisotopic (exact) mass is 316 g/mol. The van der Waals surface area contributed by atoms with Crippen molar-refractivity contribution in [3.8, 4) is 0 Å². The van der Waals surface area contributed by atoms with Crippen molar-refractivity contribution < 1.29 is 0 Å². The maximum Gasteiger partial charge on any atom is 0.208 e. The molecule has 0 unspecified atom stereocenters. The average molecular weight is 317 g/mol. The highest BCUT2D eigenvalue weighted by atomic mass is 79.9. The lowest BCUT2D eigenvalue weighted by molar-refractivity contribution is 0.970. The van der Waals surface area contributed by atoms with Crippen molar-refractivity contribution in [3.63, 3.8) is 0 Å². The van der Waals surface area contributed by atoms with Gasteiger partial charge in [0.2, 0.25) is 5.13 Å². The van der Waals surface area contributed by atoms with Gasteiger partial charge in [-0.3, -0.25) is 0 Å². The zero-order valence-corrected chi connectivity index (χ0v) is 11.9. The van der Waals surface area contributed by atoms with Crippen molar-refractivity contribution in [2.45, 2.75) is 9.37 Å². The molecule has 0 fully saturated rings. The van der Waals surface area contributed by atoms with E-state index in [0.717, 1.165) is 19.1 Å². The normalized spacial score (nSPS) is 10.4. The van der Waals surface area contributed by atoms with E-state index in [-0.39, 0.29) is 0 Å². The molecule has 2 rings (SSSR count). The topological polar surface area (TPSA) is 41.9 Å². The molecule has 2 heterocycles. The van der Waals surface area contributed by atoms with Crippen molar-refractivity contribution in [2.75, 3.05) is 19.0 Å². The smallest absolute Gasteiger partial charge is 0.208 e. The van der Waals surface area contributed by atoms with E-state index in [9.17, 15) is 0 Å². The van der Waals surface area contributed by atoms with Gasteiger partial charge in [-0.1, -0.05) is 17.4 Å². The highest BCUT2D eigenvalue weighted by Crippen LogP contribution is 2.31. The lowest BCUT2D eigenvalue weighted by Gasteiger charge is -2.03. The first-order chi connectivity index (χ1) is 7.65. The Bertz CT molecular complexity index is 486. The molecule has 7 heteroatoms. The van der Waals surface area contributed by atoms with Gasteiger partial charge in [-0.2, -0.15) is 0 Å². The third kappa shape index (κ3) is 2.93. The van der Waals surface area contributed by atoms with Crippen LogP contribution in [0.2, 0.25) is 0 Å². The molecule has 0 saturated heterocycles. The van der Waals surface area contributed by atoms with Crippen LogP contribution in [0.25, 0.3) is 0 Å². The van der Waals surface area contributed by atoms with Gasteiger partial charge in [0.15, 0.2) is 4.34 Å². The summed E-state index contributed by atoms with van der Waals surface area (Å²) < 4.78 is 1.73. The number of hydrogen-bond acceptors (Lipinski definition) is 6. The molecular formula is C9H9BrN4S2. The fourth-order valence-corrected chi connectivity index (χ4v) is 3.12. The SMILES string of the molecule is CN(C)c1nnc(Sc2cccc(Br)n2)s1.